The molecule has 1 saturated heterocycles. The van der Waals surface area contributed by atoms with Gasteiger partial charge in [0.1, 0.15) is 12.6 Å². The predicted octanol–water partition coefficient (Wildman–Crippen LogP) is 2.87. The number of carbonyl (C=O) groups excluding carboxylic acids is 2. The molecule has 0 aliphatic carbocycles. The summed E-state index contributed by atoms with van der Waals surface area (Å²) < 4.78 is 5.43. The summed E-state index contributed by atoms with van der Waals surface area (Å²) in [4.78, 5) is 26.8. The Morgan fingerprint density at radius 3 is 2.52 bits per heavy atom. The fourth-order valence-corrected chi connectivity index (χ4v) is 3.38. The molecule has 0 unspecified atom stereocenters. The van der Waals surface area contributed by atoms with Gasteiger partial charge in [-0.15, -0.1) is 0 Å². The van der Waals surface area contributed by atoms with E-state index in [0.717, 1.165) is 24.0 Å². The van der Waals surface area contributed by atoms with Crippen LogP contribution in [0.4, 0.5) is 4.79 Å². The summed E-state index contributed by atoms with van der Waals surface area (Å²) in [6, 6.07) is 17.2. The van der Waals surface area contributed by atoms with Gasteiger partial charge in [-0.05, 0) is 23.1 Å². The summed E-state index contributed by atoms with van der Waals surface area (Å²) in [6.45, 7) is 4.29. The van der Waals surface area contributed by atoms with Crippen molar-refractivity contribution < 1.29 is 14.3 Å². The van der Waals surface area contributed by atoms with Crippen molar-refractivity contribution in [3.63, 3.8) is 0 Å². The van der Waals surface area contributed by atoms with E-state index in [-0.39, 0.29) is 12.5 Å². The zero-order chi connectivity index (χ0) is 20.5. The zero-order valence-electron chi connectivity index (χ0n) is 16.9. The highest BCUT2D eigenvalue weighted by Gasteiger charge is 2.33. The van der Waals surface area contributed by atoms with Gasteiger partial charge in [0.2, 0.25) is 5.91 Å². The highest BCUT2D eigenvalue weighted by atomic mass is 16.6. The number of nitrogens with one attached hydrogen (secondary N) is 2. The number of ether oxygens (including phenoxy) is 1. The van der Waals surface area contributed by atoms with Crippen molar-refractivity contribution in [3.8, 4) is 0 Å². The molecular formula is C23H29N3O3. The average molecular weight is 396 g/mol. The van der Waals surface area contributed by atoms with Crippen LogP contribution in [0.1, 0.15) is 30.0 Å². The van der Waals surface area contributed by atoms with Crippen LogP contribution in [-0.2, 0) is 29.1 Å². The van der Waals surface area contributed by atoms with Gasteiger partial charge < -0.3 is 15.4 Å². The third kappa shape index (κ3) is 6.06. The van der Waals surface area contributed by atoms with Crippen molar-refractivity contribution >= 4 is 12.0 Å². The van der Waals surface area contributed by atoms with E-state index >= 15 is 0 Å². The predicted molar refractivity (Wildman–Crippen MR) is 112 cm³/mol. The number of hydrogen-bond acceptors (Lipinski definition) is 4. The number of benzene rings is 2. The molecule has 6 heteroatoms. The fourth-order valence-electron chi connectivity index (χ4n) is 3.38. The zero-order valence-corrected chi connectivity index (χ0v) is 16.9. The van der Waals surface area contributed by atoms with Gasteiger partial charge in [-0.3, -0.25) is 9.69 Å². The summed E-state index contributed by atoms with van der Waals surface area (Å²) >= 11 is 0. The van der Waals surface area contributed by atoms with Crippen LogP contribution in [-0.4, -0.2) is 42.6 Å². The van der Waals surface area contributed by atoms with Crippen LogP contribution < -0.4 is 10.6 Å². The smallest absolute Gasteiger partial charge is 0.410 e. The Labute approximate surface area is 172 Å². The van der Waals surface area contributed by atoms with E-state index < -0.39 is 12.1 Å². The van der Waals surface area contributed by atoms with Crippen molar-refractivity contribution in [2.45, 2.75) is 39.0 Å². The van der Waals surface area contributed by atoms with Crippen molar-refractivity contribution in [1.82, 2.24) is 15.5 Å². The van der Waals surface area contributed by atoms with Crippen molar-refractivity contribution in [2.24, 2.45) is 0 Å². The number of amides is 2. The SMILES string of the molecule is CCCc1ccc(CNC(=O)[C@H]2CNCCN2C(=O)OCc2ccccc2)cc1. The molecule has 0 aromatic heterocycles. The Morgan fingerprint density at radius 2 is 1.79 bits per heavy atom. The first-order valence-electron chi connectivity index (χ1n) is 10.2. The maximum atomic E-state index is 12.7. The quantitative estimate of drug-likeness (QED) is 0.756. The molecule has 29 heavy (non-hydrogen) atoms. The molecule has 0 spiro atoms. The van der Waals surface area contributed by atoms with Crippen LogP contribution in [0.2, 0.25) is 0 Å². The standard InChI is InChI=1S/C23H29N3O3/c1-2-6-18-9-11-19(12-10-18)15-25-22(27)21-16-24-13-14-26(21)23(28)29-17-20-7-4-3-5-8-20/h3-5,7-12,21,24H,2,6,13-17H2,1H3,(H,25,27)/t21-/m1/s1. The summed E-state index contributed by atoms with van der Waals surface area (Å²) in [5.41, 5.74) is 3.26. The molecule has 2 aromatic carbocycles. The van der Waals surface area contributed by atoms with Crippen LogP contribution in [0.3, 0.4) is 0 Å². The molecule has 1 aliphatic heterocycles. The van der Waals surface area contributed by atoms with E-state index in [9.17, 15) is 9.59 Å². The summed E-state index contributed by atoms with van der Waals surface area (Å²) in [5.74, 6) is -0.175. The molecule has 6 nitrogen and oxygen atoms in total. The molecule has 1 atom stereocenters. The second-order valence-electron chi connectivity index (χ2n) is 7.24. The van der Waals surface area contributed by atoms with E-state index in [1.54, 1.807) is 0 Å². The first kappa shape index (κ1) is 20.9. The van der Waals surface area contributed by atoms with Gasteiger partial charge in [0.25, 0.3) is 0 Å². The Hall–Kier alpha value is -2.86. The van der Waals surface area contributed by atoms with E-state index in [0.29, 0.717) is 26.2 Å². The monoisotopic (exact) mass is 395 g/mol. The normalized spacial score (nSPS) is 16.3. The van der Waals surface area contributed by atoms with Gasteiger partial charge in [-0.1, -0.05) is 67.9 Å². The van der Waals surface area contributed by atoms with Gasteiger partial charge in [-0.2, -0.15) is 0 Å². The van der Waals surface area contributed by atoms with Gasteiger partial charge in [0.05, 0.1) is 0 Å². The van der Waals surface area contributed by atoms with Crippen LogP contribution in [0.25, 0.3) is 0 Å². The first-order valence-corrected chi connectivity index (χ1v) is 10.2. The Kier molecular flexibility index (Phi) is 7.64. The Morgan fingerprint density at radius 1 is 1.07 bits per heavy atom. The minimum absolute atomic E-state index is 0.175. The second-order valence-corrected chi connectivity index (χ2v) is 7.24. The number of rotatable bonds is 7. The molecule has 1 aliphatic rings. The summed E-state index contributed by atoms with van der Waals surface area (Å²) in [6.07, 6.45) is 1.71. The summed E-state index contributed by atoms with van der Waals surface area (Å²) in [7, 11) is 0. The fraction of sp³-hybridized carbons (Fsp3) is 0.391. The average Bonchev–Trinajstić information content (AvgIpc) is 2.77. The van der Waals surface area contributed by atoms with Crippen LogP contribution in [0.5, 0.6) is 0 Å². The molecule has 0 radical (unpaired) electrons. The number of carbonyl (C=O) groups is 2. The van der Waals surface area contributed by atoms with Crippen molar-refractivity contribution in [1.29, 1.82) is 0 Å². The van der Waals surface area contributed by atoms with Gasteiger partial charge in [-0.25, -0.2) is 4.79 Å². The molecular weight excluding hydrogens is 366 g/mol. The Balaban J connectivity index is 1.53. The lowest BCUT2D eigenvalue weighted by Gasteiger charge is -2.34. The Bertz CT molecular complexity index is 793. The molecule has 154 valence electrons. The third-order valence-electron chi connectivity index (χ3n) is 5.01. The number of aryl methyl sites for hydroxylation is 1. The highest BCUT2D eigenvalue weighted by Crippen LogP contribution is 2.10. The lowest BCUT2D eigenvalue weighted by molar-refractivity contribution is -0.126. The topological polar surface area (TPSA) is 70.7 Å². The minimum atomic E-state index is -0.577. The van der Waals surface area contributed by atoms with E-state index in [1.165, 1.54) is 10.5 Å². The number of piperazine rings is 1. The maximum absolute atomic E-state index is 12.7. The van der Waals surface area contributed by atoms with Crippen molar-refractivity contribution in [3.05, 3.63) is 71.3 Å². The van der Waals surface area contributed by atoms with E-state index in [1.807, 2.05) is 42.5 Å². The van der Waals surface area contributed by atoms with Gasteiger partial charge in [0, 0.05) is 26.2 Å². The second kappa shape index (κ2) is 10.6. The minimum Gasteiger partial charge on any atom is -0.445 e. The van der Waals surface area contributed by atoms with Crippen LogP contribution >= 0.6 is 0 Å². The first-order chi connectivity index (χ1) is 14.2. The molecule has 1 heterocycles. The largest absolute Gasteiger partial charge is 0.445 e. The summed E-state index contributed by atoms with van der Waals surface area (Å²) in [5, 5.41) is 6.13. The molecule has 3 rings (SSSR count). The third-order valence-corrected chi connectivity index (χ3v) is 5.01. The molecule has 1 fully saturated rings. The van der Waals surface area contributed by atoms with E-state index in [2.05, 4.69) is 29.7 Å². The van der Waals surface area contributed by atoms with Gasteiger partial charge >= 0.3 is 6.09 Å². The molecule has 2 aromatic rings. The lowest BCUT2D eigenvalue weighted by atomic mass is 10.1. The molecule has 2 N–H and O–H groups in total. The lowest BCUT2D eigenvalue weighted by Crippen LogP contribution is -2.59. The van der Waals surface area contributed by atoms with Gasteiger partial charge in [0.15, 0.2) is 0 Å². The number of nitrogens with zero attached hydrogens (tertiary/aromatic N) is 1. The van der Waals surface area contributed by atoms with Crippen LogP contribution in [0.15, 0.2) is 54.6 Å². The van der Waals surface area contributed by atoms with Crippen LogP contribution in [0, 0.1) is 0 Å². The maximum Gasteiger partial charge on any atom is 0.410 e. The van der Waals surface area contributed by atoms with E-state index in [4.69, 9.17) is 4.74 Å². The highest BCUT2D eigenvalue weighted by molar-refractivity contribution is 5.86. The molecule has 2 amide bonds. The van der Waals surface area contributed by atoms with Crippen molar-refractivity contribution in [2.75, 3.05) is 19.6 Å². The molecule has 0 saturated carbocycles. The molecule has 0 bridgehead atoms. The number of hydrogen-bond donors (Lipinski definition) is 2.